The van der Waals surface area contributed by atoms with Crippen molar-refractivity contribution < 1.29 is 14.6 Å². The quantitative estimate of drug-likeness (QED) is 0.795. The van der Waals surface area contributed by atoms with E-state index in [4.69, 9.17) is 9.47 Å². The van der Waals surface area contributed by atoms with E-state index < -0.39 is 5.54 Å². The average Bonchev–Trinajstić information content (AvgIpc) is 2.44. The van der Waals surface area contributed by atoms with Gasteiger partial charge < -0.3 is 19.9 Å². The predicted octanol–water partition coefficient (Wildman–Crippen LogP) is 2.16. The number of methoxy groups -OCH3 is 2. The summed E-state index contributed by atoms with van der Waals surface area (Å²) < 4.78 is 10.6. The Balaban J connectivity index is 3.13. The Labute approximate surface area is 115 Å². The Morgan fingerprint density at radius 1 is 1.26 bits per heavy atom. The van der Waals surface area contributed by atoms with Gasteiger partial charge in [0.25, 0.3) is 0 Å². The van der Waals surface area contributed by atoms with E-state index in [9.17, 15) is 5.11 Å². The molecule has 2 N–H and O–H groups in total. The summed E-state index contributed by atoms with van der Waals surface area (Å²) in [6.45, 7) is 7.04. The summed E-state index contributed by atoms with van der Waals surface area (Å²) in [6, 6.07) is 5.62. The van der Waals surface area contributed by atoms with Crippen molar-refractivity contribution in [3.8, 4) is 11.5 Å². The first-order chi connectivity index (χ1) is 8.96. The summed E-state index contributed by atoms with van der Waals surface area (Å²) in [5, 5.41) is 13.2. The minimum atomic E-state index is -0.551. The van der Waals surface area contributed by atoms with Crippen LogP contribution in [0.25, 0.3) is 0 Å². The van der Waals surface area contributed by atoms with Gasteiger partial charge in [0.2, 0.25) is 0 Å². The van der Waals surface area contributed by atoms with Crippen molar-refractivity contribution in [3.63, 3.8) is 0 Å². The molecule has 0 amide bonds. The van der Waals surface area contributed by atoms with Crippen molar-refractivity contribution in [1.29, 1.82) is 0 Å². The van der Waals surface area contributed by atoms with Gasteiger partial charge in [0.15, 0.2) is 0 Å². The number of benzene rings is 1. The summed E-state index contributed by atoms with van der Waals surface area (Å²) in [6.07, 6.45) is 0. The predicted molar refractivity (Wildman–Crippen MR) is 76.8 cm³/mol. The van der Waals surface area contributed by atoms with Gasteiger partial charge in [0.05, 0.1) is 26.4 Å². The fourth-order valence-corrected chi connectivity index (χ4v) is 1.91. The van der Waals surface area contributed by atoms with Crippen LogP contribution in [0.3, 0.4) is 0 Å². The van der Waals surface area contributed by atoms with Gasteiger partial charge in [-0.25, -0.2) is 0 Å². The van der Waals surface area contributed by atoms with Crippen LogP contribution in [0, 0.1) is 5.92 Å². The van der Waals surface area contributed by atoms with Crippen LogP contribution in [-0.4, -0.2) is 32.5 Å². The molecule has 0 aliphatic rings. The zero-order valence-corrected chi connectivity index (χ0v) is 12.5. The molecule has 1 unspecified atom stereocenters. The third kappa shape index (κ3) is 3.85. The Kier molecular flexibility index (Phi) is 5.63. The van der Waals surface area contributed by atoms with Crippen molar-refractivity contribution in [2.45, 2.75) is 26.3 Å². The minimum absolute atomic E-state index is 0.0107. The molecule has 4 nitrogen and oxygen atoms in total. The van der Waals surface area contributed by atoms with Crippen LogP contribution in [0.1, 0.15) is 26.3 Å². The SMILES string of the molecule is COc1ccc(OC)c(C(C)(CO)NCC(C)C)c1. The summed E-state index contributed by atoms with van der Waals surface area (Å²) in [5.74, 6) is 2.00. The maximum absolute atomic E-state index is 9.78. The number of ether oxygens (including phenoxy) is 2. The van der Waals surface area contributed by atoms with Gasteiger partial charge >= 0.3 is 0 Å². The Hall–Kier alpha value is -1.26. The number of nitrogens with one attached hydrogen (secondary N) is 1. The second-order valence-electron chi connectivity index (χ2n) is 5.33. The normalized spacial score (nSPS) is 14.3. The topological polar surface area (TPSA) is 50.7 Å². The van der Waals surface area contributed by atoms with E-state index in [0.29, 0.717) is 5.92 Å². The lowest BCUT2D eigenvalue weighted by Crippen LogP contribution is -2.44. The van der Waals surface area contributed by atoms with Gasteiger partial charge in [0.1, 0.15) is 11.5 Å². The van der Waals surface area contributed by atoms with E-state index in [0.717, 1.165) is 23.6 Å². The van der Waals surface area contributed by atoms with Crippen LogP contribution in [0.5, 0.6) is 11.5 Å². The summed E-state index contributed by atoms with van der Waals surface area (Å²) >= 11 is 0. The van der Waals surface area contributed by atoms with E-state index in [2.05, 4.69) is 19.2 Å². The van der Waals surface area contributed by atoms with Crippen molar-refractivity contribution in [2.75, 3.05) is 27.4 Å². The molecule has 0 saturated carbocycles. The number of hydrogen-bond donors (Lipinski definition) is 2. The van der Waals surface area contributed by atoms with Crippen molar-refractivity contribution in [3.05, 3.63) is 23.8 Å². The molecule has 1 aromatic rings. The smallest absolute Gasteiger partial charge is 0.124 e. The highest BCUT2D eigenvalue weighted by atomic mass is 16.5. The van der Waals surface area contributed by atoms with Crippen LogP contribution in [0.15, 0.2) is 18.2 Å². The van der Waals surface area contributed by atoms with Crippen LogP contribution in [0.2, 0.25) is 0 Å². The lowest BCUT2D eigenvalue weighted by Gasteiger charge is -2.32. The molecule has 0 aliphatic heterocycles. The fraction of sp³-hybridized carbons (Fsp3) is 0.600. The first-order valence-corrected chi connectivity index (χ1v) is 6.55. The summed E-state index contributed by atoms with van der Waals surface area (Å²) in [4.78, 5) is 0. The molecule has 0 heterocycles. The minimum Gasteiger partial charge on any atom is -0.497 e. The molecule has 0 aliphatic carbocycles. The van der Waals surface area contributed by atoms with Crippen LogP contribution in [-0.2, 0) is 5.54 Å². The van der Waals surface area contributed by atoms with Gasteiger partial charge in [-0.3, -0.25) is 0 Å². The molecule has 108 valence electrons. The Morgan fingerprint density at radius 3 is 2.42 bits per heavy atom. The Morgan fingerprint density at radius 2 is 1.95 bits per heavy atom. The van der Waals surface area contributed by atoms with Crippen LogP contribution < -0.4 is 14.8 Å². The third-order valence-electron chi connectivity index (χ3n) is 3.22. The van der Waals surface area contributed by atoms with Crippen LogP contribution in [0.4, 0.5) is 0 Å². The number of hydrogen-bond acceptors (Lipinski definition) is 4. The molecular weight excluding hydrogens is 242 g/mol. The van der Waals surface area contributed by atoms with E-state index in [1.54, 1.807) is 14.2 Å². The van der Waals surface area contributed by atoms with E-state index in [1.165, 1.54) is 0 Å². The van der Waals surface area contributed by atoms with Crippen molar-refractivity contribution in [2.24, 2.45) is 5.92 Å². The summed E-state index contributed by atoms with van der Waals surface area (Å²) in [5.41, 5.74) is 0.349. The van der Waals surface area contributed by atoms with Gasteiger partial charge in [-0.2, -0.15) is 0 Å². The molecule has 0 spiro atoms. The first-order valence-electron chi connectivity index (χ1n) is 6.55. The monoisotopic (exact) mass is 267 g/mol. The van der Waals surface area contributed by atoms with E-state index in [1.807, 2.05) is 25.1 Å². The highest BCUT2D eigenvalue weighted by Crippen LogP contribution is 2.33. The molecule has 1 aromatic carbocycles. The average molecular weight is 267 g/mol. The molecule has 0 saturated heterocycles. The molecule has 0 bridgehead atoms. The van der Waals surface area contributed by atoms with Gasteiger partial charge in [-0.1, -0.05) is 13.8 Å². The highest BCUT2D eigenvalue weighted by molar-refractivity contribution is 5.44. The van der Waals surface area contributed by atoms with Gasteiger partial charge in [0, 0.05) is 5.56 Å². The summed E-state index contributed by atoms with van der Waals surface area (Å²) in [7, 11) is 3.26. The lowest BCUT2D eigenvalue weighted by atomic mass is 9.91. The fourth-order valence-electron chi connectivity index (χ4n) is 1.91. The molecule has 0 aromatic heterocycles. The van der Waals surface area contributed by atoms with E-state index >= 15 is 0 Å². The first kappa shape index (κ1) is 15.8. The molecule has 4 heteroatoms. The van der Waals surface area contributed by atoms with Crippen LogP contribution >= 0.6 is 0 Å². The van der Waals surface area contributed by atoms with Gasteiger partial charge in [-0.05, 0) is 37.6 Å². The number of aliphatic hydroxyl groups excluding tert-OH is 1. The Bertz CT molecular complexity index is 406. The van der Waals surface area contributed by atoms with Gasteiger partial charge in [-0.15, -0.1) is 0 Å². The van der Waals surface area contributed by atoms with Crippen molar-refractivity contribution in [1.82, 2.24) is 5.32 Å². The maximum Gasteiger partial charge on any atom is 0.124 e. The molecule has 19 heavy (non-hydrogen) atoms. The maximum atomic E-state index is 9.78. The molecule has 0 radical (unpaired) electrons. The molecular formula is C15H25NO3. The molecule has 1 atom stereocenters. The standard InChI is InChI=1S/C15H25NO3/c1-11(2)9-16-15(3,10-17)13-8-12(18-4)6-7-14(13)19-5/h6-8,11,16-17H,9-10H2,1-5H3. The number of rotatable bonds is 7. The van der Waals surface area contributed by atoms with Crippen molar-refractivity contribution >= 4 is 0 Å². The molecule has 0 fully saturated rings. The zero-order valence-electron chi connectivity index (χ0n) is 12.5. The zero-order chi connectivity index (χ0) is 14.5. The van der Waals surface area contributed by atoms with E-state index in [-0.39, 0.29) is 6.61 Å². The highest BCUT2D eigenvalue weighted by Gasteiger charge is 2.29. The molecule has 1 rings (SSSR count). The second-order valence-corrected chi connectivity index (χ2v) is 5.33. The largest absolute Gasteiger partial charge is 0.497 e. The number of aliphatic hydroxyl groups is 1. The third-order valence-corrected chi connectivity index (χ3v) is 3.22. The lowest BCUT2D eigenvalue weighted by molar-refractivity contribution is 0.167. The second kappa shape index (κ2) is 6.78.